The highest BCUT2D eigenvalue weighted by Gasteiger charge is 2.57. The SMILES string of the molecule is CC(=O)OC[C@H]1O[C@@](C#N)(c2ccc(/C(N=CN)=[NH+]/I)[nH]2)[C@H](O)[C@@H]1O. The number of carbonyl (C=O) groups is 1. The summed E-state index contributed by atoms with van der Waals surface area (Å²) in [5, 5.41) is 30.1. The van der Waals surface area contributed by atoms with E-state index in [0.29, 0.717) is 11.5 Å². The van der Waals surface area contributed by atoms with Gasteiger partial charge in [0.2, 0.25) is 34.8 Å². The molecule has 11 heteroatoms. The molecule has 2 heterocycles. The molecule has 4 atom stereocenters. The molecule has 0 radical (unpaired) electrons. The number of halogens is 1. The number of aromatic nitrogens is 1. The van der Waals surface area contributed by atoms with Crippen molar-refractivity contribution in [1.82, 2.24) is 4.98 Å². The van der Waals surface area contributed by atoms with E-state index in [0.717, 1.165) is 6.34 Å². The highest BCUT2D eigenvalue weighted by atomic mass is 127. The van der Waals surface area contributed by atoms with E-state index in [1.165, 1.54) is 13.0 Å². The number of rotatable bonds is 4. The van der Waals surface area contributed by atoms with Crippen molar-refractivity contribution in [3.8, 4) is 6.07 Å². The van der Waals surface area contributed by atoms with Gasteiger partial charge in [0.05, 0.1) is 5.69 Å². The van der Waals surface area contributed by atoms with E-state index < -0.39 is 29.9 Å². The largest absolute Gasteiger partial charge is 0.463 e. The van der Waals surface area contributed by atoms with Gasteiger partial charge in [0.25, 0.3) is 0 Å². The number of amidine groups is 1. The van der Waals surface area contributed by atoms with Crippen molar-refractivity contribution in [2.45, 2.75) is 30.8 Å². The maximum absolute atomic E-state index is 10.9. The fraction of sp³-hybridized carbons (Fsp3) is 0.429. The van der Waals surface area contributed by atoms with Crippen molar-refractivity contribution in [2.24, 2.45) is 10.7 Å². The molecule has 1 fully saturated rings. The number of nitriles is 1. The summed E-state index contributed by atoms with van der Waals surface area (Å²) in [4.78, 5) is 17.8. The molecule has 6 N–H and O–H groups in total. The molecular weight excluding hydrogens is 445 g/mol. The number of nitrogens with two attached hydrogens (primary N) is 1. The summed E-state index contributed by atoms with van der Waals surface area (Å²) in [6.07, 6.45) is -2.89. The van der Waals surface area contributed by atoms with Gasteiger partial charge in [-0.15, -0.1) is 0 Å². The minimum Gasteiger partial charge on any atom is -0.463 e. The molecule has 0 spiro atoms. The minimum absolute atomic E-state index is 0.221. The van der Waals surface area contributed by atoms with Crippen LogP contribution in [0.2, 0.25) is 0 Å². The highest BCUT2D eigenvalue weighted by Crippen LogP contribution is 2.39. The number of aliphatic hydroxyl groups is 2. The molecule has 25 heavy (non-hydrogen) atoms. The molecule has 0 aromatic carbocycles. The molecule has 0 amide bonds. The van der Waals surface area contributed by atoms with Crippen LogP contribution in [-0.2, 0) is 19.9 Å². The Labute approximate surface area is 156 Å². The van der Waals surface area contributed by atoms with Gasteiger partial charge >= 0.3 is 11.8 Å². The monoisotopic (exact) mass is 462 g/mol. The van der Waals surface area contributed by atoms with Crippen LogP contribution >= 0.6 is 22.9 Å². The van der Waals surface area contributed by atoms with Crippen LogP contribution in [0.15, 0.2) is 17.1 Å². The number of hydrogen-bond acceptors (Lipinski definition) is 6. The summed E-state index contributed by atoms with van der Waals surface area (Å²) in [7, 11) is 0. The van der Waals surface area contributed by atoms with Crippen LogP contribution in [0, 0.1) is 11.3 Å². The van der Waals surface area contributed by atoms with Crippen LogP contribution < -0.4 is 8.94 Å². The Bertz CT molecular complexity index is 742. The lowest BCUT2D eigenvalue weighted by molar-refractivity contribution is -0.182. The minimum atomic E-state index is -1.84. The third-order valence-corrected chi connectivity index (χ3v) is 4.22. The second-order valence-electron chi connectivity index (χ2n) is 5.25. The van der Waals surface area contributed by atoms with Gasteiger partial charge in [-0.3, -0.25) is 4.79 Å². The van der Waals surface area contributed by atoms with Crippen LogP contribution in [0.5, 0.6) is 0 Å². The predicted molar refractivity (Wildman–Crippen MR) is 93.4 cm³/mol. The Hall–Kier alpha value is -2.01. The normalized spacial score (nSPS) is 29.7. The number of hydrogen-bond donors (Lipinski definition) is 5. The molecule has 2 rings (SSSR count). The van der Waals surface area contributed by atoms with Gasteiger partial charge in [0.15, 0.2) is 0 Å². The molecular formula is C14H17IN5O5+. The Kier molecular flexibility index (Phi) is 6.11. The van der Waals surface area contributed by atoms with E-state index >= 15 is 0 Å². The van der Waals surface area contributed by atoms with Gasteiger partial charge in [-0.25, -0.2) is 3.21 Å². The van der Waals surface area contributed by atoms with Gasteiger partial charge in [0, 0.05) is 6.92 Å². The molecule has 1 aliphatic rings. The molecule has 1 aromatic heterocycles. The summed E-state index contributed by atoms with van der Waals surface area (Å²) in [5.41, 5.74) is 4.15. The fourth-order valence-electron chi connectivity index (χ4n) is 2.50. The molecule has 1 aliphatic heterocycles. The van der Waals surface area contributed by atoms with Crippen molar-refractivity contribution in [3.05, 3.63) is 23.5 Å². The standard InChI is InChI=1S/C14H16IN5O5/c1-7(21)24-4-9-11(22)12(23)14(5-16,25-9)10-3-2-8(19-10)13(20-15)18-6-17/h2-3,6,9,11-12,19,22-23H,4H2,1H3,(H2,17,18,20)/p+1/t9-,11-,12-,14+/m1/s1. The van der Waals surface area contributed by atoms with Crippen molar-refractivity contribution in [2.75, 3.05) is 6.61 Å². The van der Waals surface area contributed by atoms with Crippen LogP contribution in [0.4, 0.5) is 0 Å². The topological polar surface area (TPSA) is 168 Å². The predicted octanol–water partition coefficient (Wildman–Crippen LogP) is -2.42. The first-order chi connectivity index (χ1) is 11.9. The first-order valence-corrected chi connectivity index (χ1v) is 8.23. The van der Waals surface area contributed by atoms with Crippen LogP contribution in [0.25, 0.3) is 0 Å². The zero-order valence-corrected chi connectivity index (χ0v) is 15.3. The number of nitrogens with zero attached hydrogens (tertiary/aromatic N) is 2. The van der Waals surface area contributed by atoms with E-state index in [1.807, 2.05) is 28.9 Å². The number of aromatic amines is 1. The molecule has 1 saturated heterocycles. The molecule has 134 valence electrons. The van der Waals surface area contributed by atoms with Crippen molar-refractivity contribution < 1.29 is 27.7 Å². The average Bonchev–Trinajstić information content (AvgIpc) is 3.17. The number of esters is 1. The van der Waals surface area contributed by atoms with Crippen LogP contribution in [0.3, 0.4) is 0 Å². The van der Waals surface area contributed by atoms with Crippen molar-refractivity contribution in [3.63, 3.8) is 0 Å². The summed E-state index contributed by atoms with van der Waals surface area (Å²) in [5.74, 6) is -0.166. The van der Waals surface area contributed by atoms with E-state index in [4.69, 9.17) is 15.2 Å². The molecule has 0 aliphatic carbocycles. The Balaban J connectivity index is 2.34. The third-order valence-electron chi connectivity index (χ3n) is 3.71. The quantitative estimate of drug-likeness (QED) is 0.109. The lowest BCUT2D eigenvalue weighted by Crippen LogP contribution is -2.59. The Morgan fingerprint density at radius 2 is 2.40 bits per heavy atom. The fourth-order valence-corrected chi connectivity index (χ4v) is 2.93. The lowest BCUT2D eigenvalue weighted by Gasteiger charge is -2.23. The van der Waals surface area contributed by atoms with Crippen LogP contribution in [-0.4, -0.2) is 58.3 Å². The smallest absolute Gasteiger partial charge is 0.350 e. The summed E-state index contributed by atoms with van der Waals surface area (Å²) < 4.78 is 13.2. The summed E-state index contributed by atoms with van der Waals surface area (Å²) in [6, 6.07) is 5.04. The van der Waals surface area contributed by atoms with Crippen molar-refractivity contribution >= 4 is 41.0 Å². The maximum atomic E-state index is 10.9. The maximum Gasteiger partial charge on any atom is 0.350 e. The molecule has 0 bridgehead atoms. The first-order valence-electron chi connectivity index (χ1n) is 7.16. The number of carbonyl (C=O) groups excluding carboxylic acids is 1. The summed E-state index contributed by atoms with van der Waals surface area (Å²) >= 11 is 1.86. The number of H-pyrrole nitrogens is 1. The van der Waals surface area contributed by atoms with Crippen molar-refractivity contribution in [1.29, 1.82) is 5.26 Å². The molecule has 1 aromatic rings. The second-order valence-corrected chi connectivity index (χ2v) is 5.79. The molecule has 10 nitrogen and oxygen atoms in total. The van der Waals surface area contributed by atoms with E-state index in [1.54, 1.807) is 6.07 Å². The van der Waals surface area contributed by atoms with Gasteiger partial charge in [-0.05, 0) is 17.1 Å². The van der Waals surface area contributed by atoms with E-state index in [9.17, 15) is 20.3 Å². The second kappa shape index (κ2) is 7.91. The number of aliphatic imine (C=N–C) groups is 1. The Morgan fingerprint density at radius 3 is 2.96 bits per heavy atom. The molecule has 0 unspecified atom stereocenters. The first kappa shape index (κ1) is 19.3. The zero-order valence-electron chi connectivity index (χ0n) is 13.1. The average molecular weight is 462 g/mol. The lowest BCUT2D eigenvalue weighted by atomic mass is 9.93. The third kappa shape index (κ3) is 3.66. The van der Waals surface area contributed by atoms with E-state index in [2.05, 4.69) is 13.2 Å². The van der Waals surface area contributed by atoms with Gasteiger partial charge < -0.3 is 30.4 Å². The highest BCUT2D eigenvalue weighted by molar-refractivity contribution is 14.1. The van der Waals surface area contributed by atoms with Gasteiger partial charge in [0.1, 0.15) is 36.7 Å². The number of nitrogens with one attached hydrogen (secondary N) is 2. The van der Waals surface area contributed by atoms with E-state index in [-0.39, 0.29) is 12.3 Å². The number of aliphatic hydroxyl groups excluding tert-OH is 2. The number of ether oxygens (including phenoxy) is 2. The molecule has 0 saturated carbocycles. The summed E-state index contributed by atoms with van der Waals surface area (Å²) in [6.45, 7) is 0.924. The van der Waals surface area contributed by atoms with Crippen LogP contribution in [0.1, 0.15) is 18.3 Å². The Morgan fingerprint density at radius 1 is 1.68 bits per heavy atom. The van der Waals surface area contributed by atoms with Gasteiger partial charge in [-0.2, -0.15) is 5.26 Å². The van der Waals surface area contributed by atoms with Gasteiger partial charge in [-0.1, -0.05) is 0 Å². The zero-order chi connectivity index (χ0) is 18.6.